The van der Waals surface area contributed by atoms with Crippen molar-refractivity contribution in [2.24, 2.45) is 5.92 Å². The van der Waals surface area contributed by atoms with Gasteiger partial charge in [0.05, 0.1) is 18.8 Å². The van der Waals surface area contributed by atoms with Crippen LogP contribution in [0.1, 0.15) is 59.8 Å². The number of aliphatic hydroxyl groups is 1. The lowest BCUT2D eigenvalue weighted by Gasteiger charge is -2.20. The van der Waals surface area contributed by atoms with E-state index in [0.29, 0.717) is 18.6 Å². The van der Waals surface area contributed by atoms with Gasteiger partial charge in [0.1, 0.15) is 0 Å². The summed E-state index contributed by atoms with van der Waals surface area (Å²) in [6.45, 7) is 8.91. The summed E-state index contributed by atoms with van der Waals surface area (Å²) in [5, 5.41) is 9.18. The first kappa shape index (κ1) is 14.9. The van der Waals surface area contributed by atoms with E-state index in [0.717, 1.165) is 12.8 Å². The van der Waals surface area contributed by atoms with Crippen LogP contribution in [0.5, 0.6) is 0 Å². The summed E-state index contributed by atoms with van der Waals surface area (Å²) in [5.41, 5.74) is 0. The molecule has 1 N–H and O–H groups in total. The van der Waals surface area contributed by atoms with Crippen molar-refractivity contribution in [1.29, 1.82) is 0 Å². The van der Waals surface area contributed by atoms with Gasteiger partial charge >= 0.3 is 0 Å². The molecule has 2 atom stereocenters. The number of rotatable bonds is 9. The van der Waals surface area contributed by atoms with E-state index < -0.39 is 0 Å². The Morgan fingerprint density at radius 3 is 2.27 bits per heavy atom. The van der Waals surface area contributed by atoms with E-state index in [2.05, 4.69) is 20.8 Å². The second kappa shape index (κ2) is 9.17. The fourth-order valence-corrected chi connectivity index (χ4v) is 1.69. The fourth-order valence-electron chi connectivity index (χ4n) is 1.69. The van der Waals surface area contributed by atoms with Crippen molar-refractivity contribution in [1.82, 2.24) is 0 Å². The van der Waals surface area contributed by atoms with Gasteiger partial charge in [-0.25, -0.2) is 0 Å². The van der Waals surface area contributed by atoms with Crippen LogP contribution in [0.2, 0.25) is 0 Å². The van der Waals surface area contributed by atoms with E-state index in [1.165, 1.54) is 19.3 Å². The molecule has 0 aliphatic carbocycles. The predicted octanol–water partition coefficient (Wildman–Crippen LogP) is 3.38. The van der Waals surface area contributed by atoms with Gasteiger partial charge in [-0.05, 0) is 25.7 Å². The molecule has 0 aromatic carbocycles. The van der Waals surface area contributed by atoms with Crippen molar-refractivity contribution in [3.05, 3.63) is 0 Å². The lowest BCUT2D eigenvalue weighted by atomic mass is 10.0. The highest BCUT2D eigenvalue weighted by Crippen LogP contribution is 2.15. The van der Waals surface area contributed by atoms with E-state index in [1.54, 1.807) is 6.92 Å². The Bertz CT molecular complexity index is 132. The lowest BCUT2D eigenvalue weighted by molar-refractivity contribution is -0.0157. The topological polar surface area (TPSA) is 29.5 Å². The summed E-state index contributed by atoms with van der Waals surface area (Å²) in [6.07, 6.45) is 6.03. The SMILES string of the molecule is CCCCCC(CC(C)C)OCC(C)O. The summed E-state index contributed by atoms with van der Waals surface area (Å²) >= 11 is 0. The van der Waals surface area contributed by atoms with Crippen LogP contribution in [0, 0.1) is 5.92 Å². The maximum atomic E-state index is 9.18. The second-order valence-electron chi connectivity index (χ2n) is 4.93. The molecule has 0 fully saturated rings. The third-order valence-electron chi connectivity index (χ3n) is 2.44. The minimum absolute atomic E-state index is 0.339. The van der Waals surface area contributed by atoms with E-state index in [-0.39, 0.29) is 6.10 Å². The van der Waals surface area contributed by atoms with Crippen LogP contribution in [0.4, 0.5) is 0 Å². The van der Waals surface area contributed by atoms with Gasteiger partial charge in [0.25, 0.3) is 0 Å². The molecule has 0 saturated heterocycles. The van der Waals surface area contributed by atoms with Gasteiger partial charge in [-0.3, -0.25) is 0 Å². The first-order chi connectivity index (χ1) is 7.06. The van der Waals surface area contributed by atoms with E-state index in [1.807, 2.05) is 0 Å². The van der Waals surface area contributed by atoms with Gasteiger partial charge in [-0.2, -0.15) is 0 Å². The van der Waals surface area contributed by atoms with Crippen LogP contribution >= 0.6 is 0 Å². The van der Waals surface area contributed by atoms with Crippen LogP contribution < -0.4 is 0 Å². The summed E-state index contributed by atoms with van der Waals surface area (Å²) in [5.74, 6) is 0.672. The smallest absolute Gasteiger partial charge is 0.0745 e. The third-order valence-corrected chi connectivity index (χ3v) is 2.44. The van der Waals surface area contributed by atoms with Crippen LogP contribution in [0.25, 0.3) is 0 Å². The Balaban J connectivity index is 3.73. The maximum Gasteiger partial charge on any atom is 0.0745 e. The summed E-state index contributed by atoms with van der Waals surface area (Å²) in [4.78, 5) is 0. The van der Waals surface area contributed by atoms with Crippen LogP contribution in [-0.2, 0) is 4.74 Å². The summed E-state index contributed by atoms with van der Waals surface area (Å²) < 4.78 is 5.71. The average molecular weight is 216 g/mol. The highest BCUT2D eigenvalue weighted by Gasteiger charge is 2.11. The van der Waals surface area contributed by atoms with E-state index >= 15 is 0 Å². The van der Waals surface area contributed by atoms with E-state index in [4.69, 9.17) is 4.74 Å². The molecular formula is C13H28O2. The quantitative estimate of drug-likeness (QED) is 0.599. The van der Waals surface area contributed by atoms with Gasteiger partial charge in [-0.1, -0.05) is 40.0 Å². The molecule has 0 radical (unpaired) electrons. The van der Waals surface area contributed by atoms with Crippen LogP contribution in [-0.4, -0.2) is 23.9 Å². The minimum Gasteiger partial charge on any atom is -0.391 e. The molecule has 2 unspecified atom stereocenters. The molecule has 0 aliphatic heterocycles. The number of aliphatic hydroxyl groups excluding tert-OH is 1. The van der Waals surface area contributed by atoms with Gasteiger partial charge in [0, 0.05) is 0 Å². The van der Waals surface area contributed by atoms with Gasteiger partial charge in [0.15, 0.2) is 0 Å². The monoisotopic (exact) mass is 216 g/mol. The molecule has 92 valence electrons. The third kappa shape index (κ3) is 10.2. The Kier molecular flexibility index (Phi) is 9.12. The zero-order chi connectivity index (χ0) is 11.7. The summed E-state index contributed by atoms with van der Waals surface area (Å²) in [7, 11) is 0. The highest BCUT2D eigenvalue weighted by atomic mass is 16.5. The standard InChI is InChI=1S/C13H28O2/c1-5-6-7-8-13(9-11(2)3)15-10-12(4)14/h11-14H,5-10H2,1-4H3. The van der Waals surface area contributed by atoms with Crippen molar-refractivity contribution in [2.45, 2.75) is 72.0 Å². The number of hydrogen-bond donors (Lipinski definition) is 1. The molecule has 0 spiro atoms. The molecular weight excluding hydrogens is 188 g/mol. The Hall–Kier alpha value is -0.0800. The normalized spacial score (nSPS) is 15.6. The van der Waals surface area contributed by atoms with Crippen LogP contribution in [0.3, 0.4) is 0 Å². The first-order valence-electron chi connectivity index (χ1n) is 6.35. The zero-order valence-corrected chi connectivity index (χ0v) is 10.8. The molecule has 0 aromatic rings. The Morgan fingerprint density at radius 2 is 1.80 bits per heavy atom. The molecule has 0 amide bonds. The molecule has 0 rings (SSSR count). The van der Waals surface area contributed by atoms with Crippen LogP contribution in [0.15, 0.2) is 0 Å². The molecule has 0 bridgehead atoms. The molecule has 0 aromatic heterocycles. The molecule has 15 heavy (non-hydrogen) atoms. The van der Waals surface area contributed by atoms with E-state index in [9.17, 15) is 5.11 Å². The summed E-state index contributed by atoms with van der Waals surface area (Å²) in [6, 6.07) is 0. The minimum atomic E-state index is -0.342. The Morgan fingerprint density at radius 1 is 1.13 bits per heavy atom. The fraction of sp³-hybridized carbons (Fsp3) is 1.00. The lowest BCUT2D eigenvalue weighted by Crippen LogP contribution is -2.21. The zero-order valence-electron chi connectivity index (χ0n) is 10.8. The molecule has 0 saturated carbocycles. The predicted molar refractivity (Wildman–Crippen MR) is 65.0 cm³/mol. The maximum absolute atomic E-state index is 9.18. The van der Waals surface area contributed by atoms with Crippen molar-refractivity contribution < 1.29 is 9.84 Å². The number of ether oxygens (including phenoxy) is 1. The Labute approximate surface area is 95.0 Å². The first-order valence-corrected chi connectivity index (χ1v) is 6.35. The van der Waals surface area contributed by atoms with Crippen molar-refractivity contribution >= 4 is 0 Å². The van der Waals surface area contributed by atoms with Crippen molar-refractivity contribution in [3.8, 4) is 0 Å². The second-order valence-corrected chi connectivity index (χ2v) is 4.93. The number of unbranched alkanes of at least 4 members (excludes halogenated alkanes) is 2. The highest BCUT2D eigenvalue weighted by molar-refractivity contribution is 4.62. The van der Waals surface area contributed by atoms with Gasteiger partial charge in [-0.15, -0.1) is 0 Å². The molecule has 2 heteroatoms. The molecule has 0 aliphatic rings. The largest absolute Gasteiger partial charge is 0.391 e. The molecule has 2 nitrogen and oxygen atoms in total. The van der Waals surface area contributed by atoms with Crippen molar-refractivity contribution in [2.75, 3.05) is 6.61 Å². The van der Waals surface area contributed by atoms with Gasteiger partial charge < -0.3 is 9.84 Å². The van der Waals surface area contributed by atoms with Crippen molar-refractivity contribution in [3.63, 3.8) is 0 Å². The number of hydrogen-bond acceptors (Lipinski definition) is 2. The van der Waals surface area contributed by atoms with Gasteiger partial charge in [0.2, 0.25) is 0 Å². The average Bonchev–Trinajstić information content (AvgIpc) is 2.13. The molecule has 0 heterocycles.